The number of rotatable bonds is 2. The Labute approximate surface area is 84.1 Å². The standard InChI is InChI=1S/C9H7IO2/c1-6(12)8-3-2-7(5-11)4-9(8)10/h2-5H,1H3. The highest BCUT2D eigenvalue weighted by Crippen LogP contribution is 2.13. The number of halogens is 1. The van der Waals surface area contributed by atoms with Crippen molar-refractivity contribution < 1.29 is 9.59 Å². The quantitative estimate of drug-likeness (QED) is 0.471. The van der Waals surface area contributed by atoms with Gasteiger partial charge in [0.05, 0.1) is 0 Å². The van der Waals surface area contributed by atoms with Crippen molar-refractivity contribution in [1.82, 2.24) is 0 Å². The van der Waals surface area contributed by atoms with Crippen LogP contribution in [0.4, 0.5) is 0 Å². The average molecular weight is 274 g/mol. The molecule has 0 amide bonds. The molecule has 0 fully saturated rings. The molecule has 1 aromatic rings. The monoisotopic (exact) mass is 274 g/mol. The van der Waals surface area contributed by atoms with Gasteiger partial charge in [0.25, 0.3) is 0 Å². The molecule has 1 aromatic carbocycles. The first-order chi connectivity index (χ1) is 5.65. The predicted octanol–water partition coefficient (Wildman–Crippen LogP) is 2.31. The molecule has 3 heteroatoms. The molecule has 0 aliphatic heterocycles. The summed E-state index contributed by atoms with van der Waals surface area (Å²) in [4.78, 5) is 21.3. The summed E-state index contributed by atoms with van der Waals surface area (Å²) in [5.41, 5.74) is 1.27. The van der Waals surface area contributed by atoms with Crippen molar-refractivity contribution in [3.63, 3.8) is 0 Å². The van der Waals surface area contributed by atoms with Crippen LogP contribution in [0.2, 0.25) is 0 Å². The van der Waals surface area contributed by atoms with E-state index in [4.69, 9.17) is 0 Å². The van der Waals surface area contributed by atoms with E-state index < -0.39 is 0 Å². The number of Topliss-reactive ketones (excluding diaryl/α,β-unsaturated/α-hetero) is 1. The van der Waals surface area contributed by atoms with Gasteiger partial charge in [0.1, 0.15) is 6.29 Å². The maximum Gasteiger partial charge on any atom is 0.160 e. The van der Waals surface area contributed by atoms with Gasteiger partial charge in [0.15, 0.2) is 5.78 Å². The maximum absolute atomic E-state index is 11.0. The smallest absolute Gasteiger partial charge is 0.160 e. The second-order valence-corrected chi connectivity index (χ2v) is 3.58. The molecular weight excluding hydrogens is 267 g/mol. The molecule has 0 saturated carbocycles. The van der Waals surface area contributed by atoms with E-state index in [1.54, 1.807) is 18.2 Å². The van der Waals surface area contributed by atoms with Gasteiger partial charge in [-0.3, -0.25) is 9.59 Å². The second kappa shape index (κ2) is 3.80. The molecule has 0 aliphatic carbocycles. The minimum Gasteiger partial charge on any atom is -0.298 e. The minimum atomic E-state index is 0.0249. The van der Waals surface area contributed by atoms with E-state index in [1.165, 1.54) is 6.92 Å². The zero-order chi connectivity index (χ0) is 9.14. The first kappa shape index (κ1) is 9.38. The van der Waals surface area contributed by atoms with E-state index in [0.29, 0.717) is 11.1 Å². The molecule has 0 aliphatic rings. The minimum absolute atomic E-state index is 0.0249. The molecule has 1 rings (SSSR count). The summed E-state index contributed by atoms with van der Waals surface area (Å²) in [5, 5.41) is 0. The van der Waals surface area contributed by atoms with Crippen LogP contribution in [0.5, 0.6) is 0 Å². The predicted molar refractivity (Wildman–Crippen MR) is 54.6 cm³/mol. The maximum atomic E-state index is 11.0. The Kier molecular flexibility index (Phi) is 2.97. The fourth-order valence-corrected chi connectivity index (χ4v) is 1.81. The number of hydrogen-bond donors (Lipinski definition) is 0. The Morgan fingerprint density at radius 3 is 2.58 bits per heavy atom. The Balaban J connectivity index is 3.20. The molecule has 0 atom stereocenters. The van der Waals surface area contributed by atoms with Crippen molar-refractivity contribution in [3.05, 3.63) is 32.9 Å². The molecule has 0 saturated heterocycles. The highest BCUT2D eigenvalue weighted by Gasteiger charge is 2.04. The Morgan fingerprint density at radius 2 is 2.17 bits per heavy atom. The van der Waals surface area contributed by atoms with Gasteiger partial charge in [-0.15, -0.1) is 0 Å². The van der Waals surface area contributed by atoms with E-state index in [2.05, 4.69) is 0 Å². The van der Waals surface area contributed by atoms with Crippen molar-refractivity contribution in [1.29, 1.82) is 0 Å². The van der Waals surface area contributed by atoms with Crippen LogP contribution in [0.25, 0.3) is 0 Å². The number of benzene rings is 1. The van der Waals surface area contributed by atoms with E-state index >= 15 is 0 Å². The zero-order valence-electron chi connectivity index (χ0n) is 6.50. The van der Waals surface area contributed by atoms with Gasteiger partial charge < -0.3 is 0 Å². The number of hydrogen-bond acceptors (Lipinski definition) is 2. The third-order valence-electron chi connectivity index (χ3n) is 1.51. The molecule has 0 unspecified atom stereocenters. The van der Waals surface area contributed by atoms with E-state index in [1.807, 2.05) is 22.6 Å². The lowest BCUT2D eigenvalue weighted by molar-refractivity contribution is 0.101. The fourth-order valence-electron chi connectivity index (χ4n) is 0.890. The van der Waals surface area contributed by atoms with Crippen LogP contribution in [0.1, 0.15) is 27.6 Å². The second-order valence-electron chi connectivity index (χ2n) is 2.41. The molecule has 0 radical (unpaired) electrons. The molecule has 0 bridgehead atoms. The summed E-state index contributed by atoms with van der Waals surface area (Å²) >= 11 is 2.04. The summed E-state index contributed by atoms with van der Waals surface area (Å²) in [6.07, 6.45) is 0.770. The summed E-state index contributed by atoms with van der Waals surface area (Å²) in [7, 11) is 0. The third-order valence-corrected chi connectivity index (χ3v) is 2.40. The third kappa shape index (κ3) is 1.91. The number of carbonyl (C=O) groups is 2. The van der Waals surface area contributed by atoms with Crippen molar-refractivity contribution in [2.24, 2.45) is 0 Å². The van der Waals surface area contributed by atoms with Crippen molar-refractivity contribution in [2.45, 2.75) is 6.92 Å². The first-order valence-corrected chi connectivity index (χ1v) is 4.48. The van der Waals surface area contributed by atoms with Crippen molar-refractivity contribution in [3.8, 4) is 0 Å². The molecule has 0 heterocycles. The van der Waals surface area contributed by atoms with Crippen LogP contribution < -0.4 is 0 Å². The number of carbonyl (C=O) groups excluding carboxylic acids is 2. The number of ketones is 1. The molecular formula is C9H7IO2. The van der Waals surface area contributed by atoms with Gasteiger partial charge in [0, 0.05) is 14.7 Å². The van der Waals surface area contributed by atoms with Gasteiger partial charge in [-0.2, -0.15) is 0 Å². The summed E-state index contributed by atoms with van der Waals surface area (Å²) in [6, 6.07) is 5.02. The highest BCUT2D eigenvalue weighted by molar-refractivity contribution is 14.1. The molecule has 0 spiro atoms. The van der Waals surface area contributed by atoms with Crippen molar-refractivity contribution >= 4 is 34.7 Å². The Bertz CT molecular complexity index is 331. The van der Waals surface area contributed by atoms with E-state index in [9.17, 15) is 9.59 Å². The van der Waals surface area contributed by atoms with Crippen LogP contribution in [-0.4, -0.2) is 12.1 Å². The van der Waals surface area contributed by atoms with Crippen molar-refractivity contribution in [2.75, 3.05) is 0 Å². The van der Waals surface area contributed by atoms with Crippen LogP contribution in [0.3, 0.4) is 0 Å². The number of aldehydes is 1. The van der Waals surface area contributed by atoms with Gasteiger partial charge in [-0.25, -0.2) is 0 Å². The van der Waals surface area contributed by atoms with Crippen LogP contribution in [0.15, 0.2) is 18.2 Å². The Hall–Kier alpha value is -0.710. The molecule has 2 nitrogen and oxygen atoms in total. The molecule has 0 N–H and O–H groups in total. The highest BCUT2D eigenvalue weighted by atomic mass is 127. The molecule has 0 aromatic heterocycles. The van der Waals surface area contributed by atoms with Crippen LogP contribution >= 0.6 is 22.6 Å². The molecule has 12 heavy (non-hydrogen) atoms. The lowest BCUT2D eigenvalue weighted by atomic mass is 10.1. The summed E-state index contributed by atoms with van der Waals surface area (Å²) < 4.78 is 0.824. The van der Waals surface area contributed by atoms with Gasteiger partial charge in [-0.05, 0) is 41.6 Å². The zero-order valence-corrected chi connectivity index (χ0v) is 8.66. The van der Waals surface area contributed by atoms with Gasteiger partial charge in [-0.1, -0.05) is 6.07 Å². The average Bonchev–Trinajstić information content (AvgIpc) is 2.03. The van der Waals surface area contributed by atoms with Crippen LogP contribution in [0, 0.1) is 3.57 Å². The molecule has 62 valence electrons. The first-order valence-electron chi connectivity index (χ1n) is 3.41. The largest absolute Gasteiger partial charge is 0.298 e. The topological polar surface area (TPSA) is 34.1 Å². The summed E-state index contributed by atoms with van der Waals surface area (Å²) in [6.45, 7) is 1.51. The SMILES string of the molecule is CC(=O)c1ccc(C=O)cc1I. The van der Waals surface area contributed by atoms with E-state index in [0.717, 1.165) is 9.86 Å². The Morgan fingerprint density at radius 1 is 1.50 bits per heavy atom. The van der Waals surface area contributed by atoms with Gasteiger partial charge in [0.2, 0.25) is 0 Å². The van der Waals surface area contributed by atoms with Crippen LogP contribution in [-0.2, 0) is 0 Å². The normalized spacial score (nSPS) is 9.50. The lowest BCUT2D eigenvalue weighted by Gasteiger charge is -1.99. The summed E-state index contributed by atoms with van der Waals surface area (Å²) in [5.74, 6) is 0.0249. The van der Waals surface area contributed by atoms with E-state index in [-0.39, 0.29) is 5.78 Å². The van der Waals surface area contributed by atoms with Gasteiger partial charge >= 0.3 is 0 Å². The lowest BCUT2D eigenvalue weighted by Crippen LogP contribution is -1.96. The fraction of sp³-hybridized carbons (Fsp3) is 0.111.